The summed E-state index contributed by atoms with van der Waals surface area (Å²) in [6, 6.07) is 10.4. The molecular weight excluding hydrogens is 1150 g/mol. The SMILES string of the molecule is CCCCC1CCCN(C(=O)C2(CCCC(=O)C(C)C(OC)C3CCCN3C(=O)CC(OC)C(CC(C)C(C)C(=O)C(NC(=O)C(C(C)C)N(C)CCOCCOCCOCCn3c(O)cc(C(C)(CC)CC)c3O)C(C)C)C(C)CC)CC2c2ccccc2)O1. The number of nitrogens with zero attached hydrogens (tertiary/aromatic N) is 4. The first-order chi connectivity index (χ1) is 43.4. The van der Waals surface area contributed by atoms with Gasteiger partial charge in [-0.2, -0.15) is 0 Å². The lowest BCUT2D eigenvalue weighted by Crippen LogP contribution is -2.55. The number of benzene rings is 1. The second-order valence-corrected chi connectivity index (χ2v) is 28.2. The molecule has 13 atom stereocenters. The quantitative estimate of drug-likeness (QED) is 0.0528. The highest BCUT2D eigenvalue weighted by Crippen LogP contribution is 2.63. The zero-order valence-electron chi connectivity index (χ0n) is 59.1. The number of ether oxygens (including phenoxy) is 5. The van der Waals surface area contributed by atoms with Crippen molar-refractivity contribution in [3.8, 4) is 11.8 Å². The topological polar surface area (TPSA) is 208 Å². The molecule has 1 aromatic heterocycles. The number of carbonyl (C=O) groups is 5. The first-order valence-electron chi connectivity index (χ1n) is 35.2. The summed E-state index contributed by atoms with van der Waals surface area (Å²) in [7, 11) is 5.21. The minimum Gasteiger partial charge on any atom is -0.494 e. The summed E-state index contributed by atoms with van der Waals surface area (Å²) < 4.78 is 31.3. The van der Waals surface area contributed by atoms with Crippen LogP contribution in [0, 0.1) is 46.8 Å². The molecule has 13 unspecified atom stereocenters. The van der Waals surface area contributed by atoms with Crippen LogP contribution < -0.4 is 5.32 Å². The number of amides is 3. The molecule has 3 aliphatic rings. The molecule has 3 fully saturated rings. The van der Waals surface area contributed by atoms with Crippen molar-refractivity contribution in [3.05, 3.63) is 47.5 Å². The van der Waals surface area contributed by atoms with E-state index in [1.807, 2.05) is 76.6 Å². The number of aromatic hydroxyl groups is 2. The number of methoxy groups -OCH3 is 2. The van der Waals surface area contributed by atoms with Gasteiger partial charge in [-0.1, -0.05) is 140 Å². The average molecular weight is 1280 g/mol. The number of hydrogen-bond donors (Lipinski definition) is 3. The van der Waals surface area contributed by atoms with Gasteiger partial charge in [0.1, 0.15) is 5.78 Å². The van der Waals surface area contributed by atoms with Gasteiger partial charge in [0.05, 0.1) is 94.5 Å². The predicted octanol–water partition coefficient (Wildman–Crippen LogP) is 12.1. The van der Waals surface area contributed by atoms with Crippen LogP contribution in [0.3, 0.4) is 0 Å². The first-order valence-corrected chi connectivity index (χ1v) is 35.2. The third-order valence-corrected chi connectivity index (χ3v) is 21.5. The molecule has 5 rings (SSSR count). The number of likely N-dealkylation sites (tertiary alicyclic amines) is 1. The van der Waals surface area contributed by atoms with E-state index < -0.39 is 41.5 Å². The average Bonchev–Trinajstić information content (AvgIpc) is 1.57. The number of ketones is 2. The smallest absolute Gasteiger partial charge is 0.252 e. The van der Waals surface area contributed by atoms with E-state index in [0.29, 0.717) is 91.5 Å². The van der Waals surface area contributed by atoms with Crippen LogP contribution in [-0.2, 0) is 64.5 Å². The summed E-state index contributed by atoms with van der Waals surface area (Å²) in [5, 5.41) is 26.2. The van der Waals surface area contributed by atoms with Gasteiger partial charge in [-0.25, -0.2) is 5.06 Å². The van der Waals surface area contributed by atoms with Crippen molar-refractivity contribution in [3.63, 3.8) is 0 Å². The maximum Gasteiger partial charge on any atom is 0.252 e. The van der Waals surface area contributed by atoms with Crippen LogP contribution in [-0.4, -0.2) is 176 Å². The molecule has 2 aromatic rings. The Labute approximate surface area is 548 Å². The summed E-state index contributed by atoms with van der Waals surface area (Å²) in [4.78, 5) is 82.5. The number of aromatic nitrogens is 1. The molecule has 3 amide bonds. The molecule has 3 N–H and O–H groups in total. The number of hydrogen-bond acceptors (Lipinski definition) is 14. The van der Waals surface area contributed by atoms with Gasteiger partial charge in [0.25, 0.3) is 5.91 Å². The van der Waals surface area contributed by atoms with Gasteiger partial charge in [0.15, 0.2) is 17.5 Å². The van der Waals surface area contributed by atoms with Crippen LogP contribution in [0.2, 0.25) is 0 Å². The molecule has 0 bridgehead atoms. The van der Waals surface area contributed by atoms with Crippen molar-refractivity contribution in [1.82, 2.24) is 24.7 Å². The standard InChI is InChI=1S/C73H123N5O13/c1-17-21-30-56-31-26-36-78(91-56)71(85)73(48-59(73)55-28-23-22-24-29-55)34-25-33-61(79)54(12)68(87-16)60-32-27-35-76(60)64(81)47-62(86-15)57(51(9)18-2)45-52(10)53(11)67(82)65(49(5)6)74-69(83)66(50(7)8)75(14)37-39-88-41-43-90-44-42-89-40-38-77-63(80)46-58(70(77)84)72(13,19-3)20-4/h22-24,28-29,46,49-54,56-57,59-60,62,65-66,68,80,84H,17-21,25-27,30-45,47-48H2,1-16H3,(H,74,83). The van der Waals surface area contributed by atoms with Gasteiger partial charge in [-0.15, -0.1) is 0 Å². The first kappa shape index (κ1) is 77.3. The molecular formula is C73H123N5O13. The molecule has 1 aliphatic carbocycles. The molecule has 91 heavy (non-hydrogen) atoms. The van der Waals surface area contributed by atoms with Crippen LogP contribution >= 0.6 is 0 Å². The number of carbonyl (C=O) groups excluding carboxylic acids is 5. The van der Waals surface area contributed by atoms with E-state index in [9.17, 15) is 34.2 Å². The summed E-state index contributed by atoms with van der Waals surface area (Å²) in [5.41, 5.74) is 1.07. The van der Waals surface area contributed by atoms with Gasteiger partial charge >= 0.3 is 0 Å². The molecule has 518 valence electrons. The van der Waals surface area contributed by atoms with E-state index >= 15 is 0 Å². The van der Waals surface area contributed by atoms with Crippen LogP contribution in [0.4, 0.5) is 0 Å². The summed E-state index contributed by atoms with van der Waals surface area (Å²) >= 11 is 0. The number of likely N-dealkylation sites (N-methyl/N-ethyl adjacent to an activating group) is 1. The van der Waals surface area contributed by atoms with Crippen molar-refractivity contribution in [2.24, 2.45) is 46.8 Å². The van der Waals surface area contributed by atoms with Gasteiger partial charge < -0.3 is 44.1 Å². The van der Waals surface area contributed by atoms with E-state index in [-0.39, 0.29) is 101 Å². The minimum absolute atomic E-state index is 0.0169. The van der Waals surface area contributed by atoms with Gasteiger partial charge in [-0.3, -0.25) is 38.3 Å². The largest absolute Gasteiger partial charge is 0.494 e. The molecule has 1 saturated carbocycles. The lowest BCUT2D eigenvalue weighted by Gasteiger charge is -2.37. The summed E-state index contributed by atoms with van der Waals surface area (Å²) in [6.07, 6.45) is 11.2. The van der Waals surface area contributed by atoms with E-state index in [1.165, 1.54) is 4.57 Å². The van der Waals surface area contributed by atoms with Crippen LogP contribution in [0.25, 0.3) is 0 Å². The molecule has 18 heteroatoms. The van der Waals surface area contributed by atoms with Crippen molar-refractivity contribution < 1.29 is 62.7 Å². The molecule has 3 heterocycles. The Kier molecular flexibility index (Phi) is 31.9. The Morgan fingerprint density at radius 3 is 2.05 bits per heavy atom. The molecule has 0 radical (unpaired) electrons. The van der Waals surface area contributed by atoms with Crippen molar-refractivity contribution in [2.45, 2.75) is 247 Å². The van der Waals surface area contributed by atoms with Gasteiger partial charge in [-0.05, 0) is 124 Å². The zero-order valence-corrected chi connectivity index (χ0v) is 59.1. The Bertz CT molecular complexity index is 2520. The fourth-order valence-electron chi connectivity index (χ4n) is 14.6. The minimum atomic E-state index is -0.702. The highest BCUT2D eigenvalue weighted by Gasteiger charge is 2.61. The van der Waals surface area contributed by atoms with E-state index in [2.05, 4.69) is 65.9 Å². The van der Waals surface area contributed by atoms with Crippen LogP contribution in [0.1, 0.15) is 210 Å². The summed E-state index contributed by atoms with van der Waals surface area (Å²) in [6.45, 7) is 30.8. The normalized spacial score (nSPS) is 21.8. The maximum atomic E-state index is 14.7. The Morgan fingerprint density at radius 1 is 0.802 bits per heavy atom. The lowest BCUT2D eigenvalue weighted by atomic mass is 9.74. The van der Waals surface area contributed by atoms with E-state index in [4.69, 9.17) is 28.5 Å². The fraction of sp³-hybridized carbons (Fsp3) is 0.795. The monoisotopic (exact) mass is 1280 g/mol. The van der Waals surface area contributed by atoms with E-state index in [1.54, 1.807) is 25.3 Å². The van der Waals surface area contributed by atoms with Gasteiger partial charge in [0, 0.05) is 63.7 Å². The number of hydroxylamine groups is 2. The highest BCUT2D eigenvalue weighted by atomic mass is 16.7. The highest BCUT2D eigenvalue weighted by molar-refractivity contribution is 5.92. The third-order valence-electron chi connectivity index (χ3n) is 21.5. The fourth-order valence-corrected chi connectivity index (χ4v) is 14.6. The van der Waals surface area contributed by atoms with Gasteiger partial charge in [0.2, 0.25) is 11.8 Å². The van der Waals surface area contributed by atoms with Crippen molar-refractivity contribution in [1.29, 1.82) is 0 Å². The second kappa shape index (κ2) is 37.6. The van der Waals surface area contributed by atoms with E-state index in [0.717, 1.165) is 81.8 Å². The summed E-state index contributed by atoms with van der Waals surface area (Å²) in [5.74, 6) is -0.964. The van der Waals surface area contributed by atoms with Crippen LogP contribution in [0.15, 0.2) is 36.4 Å². The Balaban J connectivity index is 1.10. The second-order valence-electron chi connectivity index (χ2n) is 28.2. The predicted molar refractivity (Wildman–Crippen MR) is 358 cm³/mol. The zero-order chi connectivity index (χ0) is 67.2. The van der Waals surface area contributed by atoms with Crippen molar-refractivity contribution in [2.75, 3.05) is 80.5 Å². The van der Waals surface area contributed by atoms with Crippen molar-refractivity contribution >= 4 is 29.3 Å². The molecule has 18 nitrogen and oxygen atoms in total. The number of rotatable bonds is 44. The molecule has 1 aromatic carbocycles. The Hall–Kier alpha value is -4.43. The molecule has 2 saturated heterocycles. The maximum absolute atomic E-state index is 14.7. The Morgan fingerprint density at radius 2 is 1.45 bits per heavy atom. The number of Topliss-reactive ketones (excluding diaryl/α,β-unsaturated/α-hetero) is 2. The lowest BCUT2D eigenvalue weighted by molar-refractivity contribution is -0.228. The molecule has 0 spiro atoms. The van der Waals surface area contributed by atoms with Crippen LogP contribution in [0.5, 0.6) is 11.8 Å². The third kappa shape index (κ3) is 20.8. The molecule has 2 aliphatic heterocycles. The number of nitrogens with one attached hydrogen (secondary N) is 1. The number of unbranched alkanes of at least 4 members (excludes halogenated alkanes) is 1.